The summed E-state index contributed by atoms with van der Waals surface area (Å²) in [7, 11) is 0. The Morgan fingerprint density at radius 1 is 1.57 bits per heavy atom. The minimum Gasteiger partial charge on any atom is -0.463 e. The molecule has 2 rings (SSSR count). The Hall–Kier alpha value is -2.68. The first-order valence-electron chi connectivity index (χ1n) is 5.81. The smallest absolute Gasteiger partial charge is 0.337 e. The second kappa shape index (κ2) is 6.18. The van der Waals surface area contributed by atoms with Crippen LogP contribution in [0, 0.1) is 10.1 Å². The number of halogens is 1. The van der Waals surface area contributed by atoms with Gasteiger partial charge < -0.3 is 4.74 Å². The van der Waals surface area contributed by atoms with Gasteiger partial charge in [0.1, 0.15) is 5.56 Å². The number of anilines is 1. The van der Waals surface area contributed by atoms with Crippen molar-refractivity contribution >= 4 is 29.1 Å². The number of aromatic amines is 1. The van der Waals surface area contributed by atoms with E-state index in [0.717, 1.165) is 6.07 Å². The maximum absolute atomic E-state index is 12.1. The van der Waals surface area contributed by atoms with Crippen LogP contribution >= 0.6 is 11.6 Å². The Morgan fingerprint density at radius 3 is 3.00 bits per heavy atom. The molecule has 0 fully saturated rings. The van der Waals surface area contributed by atoms with Gasteiger partial charge in [-0.2, -0.15) is 4.98 Å². The normalized spacial score (nSPS) is 10.2. The molecule has 1 heterocycles. The number of benzene rings is 1. The fourth-order valence-electron chi connectivity index (χ4n) is 1.52. The first-order valence-corrected chi connectivity index (χ1v) is 6.19. The zero-order valence-corrected chi connectivity index (χ0v) is 11.5. The third-order valence-electron chi connectivity index (χ3n) is 2.37. The predicted molar refractivity (Wildman–Crippen MR) is 73.6 cm³/mol. The molecule has 0 aliphatic rings. The fourth-order valence-corrected chi connectivity index (χ4v) is 1.69. The van der Waals surface area contributed by atoms with Crippen LogP contribution in [0.4, 0.5) is 11.6 Å². The van der Waals surface area contributed by atoms with E-state index in [-0.39, 0.29) is 28.2 Å². The number of nitrogens with one attached hydrogen (secondary N) is 2. The monoisotopic (exact) mass is 311 g/mol. The van der Waals surface area contributed by atoms with Gasteiger partial charge in [-0.25, -0.2) is 5.10 Å². The van der Waals surface area contributed by atoms with E-state index in [1.165, 1.54) is 12.1 Å². The Morgan fingerprint density at radius 2 is 2.33 bits per heavy atom. The van der Waals surface area contributed by atoms with Crippen molar-refractivity contribution in [1.82, 2.24) is 15.2 Å². The van der Waals surface area contributed by atoms with E-state index in [9.17, 15) is 14.9 Å². The van der Waals surface area contributed by atoms with Crippen LogP contribution < -0.4 is 10.1 Å². The fraction of sp³-hybridized carbons (Fsp3) is 0.182. The highest BCUT2D eigenvalue weighted by Gasteiger charge is 2.21. The van der Waals surface area contributed by atoms with Crippen molar-refractivity contribution < 1.29 is 14.5 Å². The zero-order valence-electron chi connectivity index (χ0n) is 10.8. The number of carbonyl (C=O) groups is 1. The minimum absolute atomic E-state index is 0.0118. The van der Waals surface area contributed by atoms with E-state index in [4.69, 9.17) is 16.3 Å². The standard InChI is InChI=1S/C11H10ClN5O4/c1-2-21-11-14-10(15-16-11)13-9(18)7-5-6(12)3-4-8(7)17(19)20/h3-5H,2H2,1H3,(H2,13,14,15,16,18). The summed E-state index contributed by atoms with van der Waals surface area (Å²) in [5.74, 6) is -0.721. The van der Waals surface area contributed by atoms with Crippen molar-refractivity contribution in [3.8, 4) is 6.01 Å². The Kier molecular flexibility index (Phi) is 4.33. The molecule has 0 radical (unpaired) electrons. The molecule has 0 aliphatic carbocycles. The third-order valence-corrected chi connectivity index (χ3v) is 2.61. The number of ether oxygens (including phenoxy) is 1. The molecule has 1 aromatic heterocycles. The van der Waals surface area contributed by atoms with Gasteiger partial charge in [0.25, 0.3) is 11.6 Å². The number of hydrogen-bond acceptors (Lipinski definition) is 6. The lowest BCUT2D eigenvalue weighted by Crippen LogP contribution is -2.15. The van der Waals surface area contributed by atoms with Gasteiger partial charge in [-0.05, 0) is 19.1 Å². The molecule has 0 saturated heterocycles. The number of hydrogen-bond donors (Lipinski definition) is 2. The van der Waals surface area contributed by atoms with Crippen LogP contribution in [0.25, 0.3) is 0 Å². The molecule has 1 aromatic carbocycles. The first-order chi connectivity index (χ1) is 10.0. The maximum Gasteiger partial charge on any atom is 0.337 e. The summed E-state index contributed by atoms with van der Waals surface area (Å²) < 4.78 is 5.02. The summed E-state index contributed by atoms with van der Waals surface area (Å²) in [6.07, 6.45) is 0. The molecule has 9 nitrogen and oxygen atoms in total. The molecule has 0 spiro atoms. The van der Waals surface area contributed by atoms with Gasteiger partial charge in [0.15, 0.2) is 0 Å². The largest absolute Gasteiger partial charge is 0.463 e. The van der Waals surface area contributed by atoms with E-state index >= 15 is 0 Å². The van der Waals surface area contributed by atoms with Gasteiger partial charge in [0.05, 0.1) is 11.5 Å². The molecular weight excluding hydrogens is 302 g/mol. The molecule has 0 saturated carbocycles. The van der Waals surface area contributed by atoms with Crippen molar-refractivity contribution in [1.29, 1.82) is 0 Å². The highest BCUT2D eigenvalue weighted by atomic mass is 35.5. The van der Waals surface area contributed by atoms with Crippen LogP contribution in [-0.2, 0) is 0 Å². The summed E-state index contributed by atoms with van der Waals surface area (Å²) in [6.45, 7) is 2.12. The van der Waals surface area contributed by atoms with Crippen LogP contribution in [-0.4, -0.2) is 32.6 Å². The molecule has 21 heavy (non-hydrogen) atoms. The molecule has 1 amide bonds. The van der Waals surface area contributed by atoms with Crippen molar-refractivity contribution in [2.24, 2.45) is 0 Å². The average Bonchev–Trinajstić information content (AvgIpc) is 2.86. The number of aromatic nitrogens is 3. The van der Waals surface area contributed by atoms with Gasteiger partial charge in [0, 0.05) is 11.1 Å². The molecule has 0 unspecified atom stereocenters. The van der Waals surface area contributed by atoms with E-state index in [2.05, 4.69) is 20.5 Å². The van der Waals surface area contributed by atoms with Crippen LogP contribution in [0.5, 0.6) is 6.01 Å². The van der Waals surface area contributed by atoms with Crippen LogP contribution in [0.2, 0.25) is 5.02 Å². The predicted octanol–water partition coefficient (Wildman–Crippen LogP) is 2.02. The van der Waals surface area contributed by atoms with Crippen LogP contribution in [0.1, 0.15) is 17.3 Å². The van der Waals surface area contributed by atoms with E-state index in [1.54, 1.807) is 6.92 Å². The topological polar surface area (TPSA) is 123 Å². The highest BCUT2D eigenvalue weighted by Crippen LogP contribution is 2.23. The second-order valence-electron chi connectivity index (χ2n) is 3.77. The number of nitro benzene ring substituents is 1. The number of carbonyl (C=O) groups excluding carboxylic acids is 1. The maximum atomic E-state index is 12.1. The number of nitrogens with zero attached hydrogens (tertiary/aromatic N) is 3. The lowest BCUT2D eigenvalue weighted by Gasteiger charge is -2.03. The SMILES string of the molecule is CCOc1n[nH]c(NC(=O)c2cc(Cl)ccc2[N+](=O)[O-])n1. The Balaban J connectivity index is 2.23. The van der Waals surface area contributed by atoms with Gasteiger partial charge >= 0.3 is 6.01 Å². The van der Waals surface area contributed by atoms with E-state index < -0.39 is 10.8 Å². The molecule has 0 aliphatic heterocycles. The van der Waals surface area contributed by atoms with Crippen molar-refractivity contribution in [2.45, 2.75) is 6.92 Å². The molecule has 2 N–H and O–H groups in total. The number of nitro groups is 1. The summed E-state index contributed by atoms with van der Waals surface area (Å²) in [4.78, 5) is 26.1. The summed E-state index contributed by atoms with van der Waals surface area (Å²) in [5, 5.41) is 19.6. The molecular formula is C11H10ClN5O4. The molecule has 0 bridgehead atoms. The first kappa shape index (κ1) is 14.7. The third kappa shape index (κ3) is 3.45. The van der Waals surface area contributed by atoms with Crippen molar-refractivity contribution in [3.05, 3.63) is 38.9 Å². The molecule has 110 valence electrons. The lowest BCUT2D eigenvalue weighted by molar-refractivity contribution is -0.385. The van der Waals surface area contributed by atoms with Crippen LogP contribution in [0.15, 0.2) is 18.2 Å². The van der Waals surface area contributed by atoms with E-state index in [0.29, 0.717) is 6.61 Å². The zero-order chi connectivity index (χ0) is 15.4. The van der Waals surface area contributed by atoms with Crippen LogP contribution in [0.3, 0.4) is 0 Å². The molecule has 2 aromatic rings. The van der Waals surface area contributed by atoms with Gasteiger partial charge in [0.2, 0.25) is 5.95 Å². The van der Waals surface area contributed by atoms with Gasteiger partial charge in [-0.15, -0.1) is 5.10 Å². The molecule has 10 heteroatoms. The van der Waals surface area contributed by atoms with Crippen molar-refractivity contribution in [3.63, 3.8) is 0 Å². The number of amides is 1. The highest BCUT2D eigenvalue weighted by molar-refractivity contribution is 6.31. The summed E-state index contributed by atoms with van der Waals surface area (Å²) >= 11 is 5.76. The van der Waals surface area contributed by atoms with Gasteiger partial charge in [-0.3, -0.25) is 20.2 Å². The van der Waals surface area contributed by atoms with Crippen molar-refractivity contribution in [2.75, 3.05) is 11.9 Å². The quantitative estimate of drug-likeness (QED) is 0.643. The minimum atomic E-state index is -0.733. The second-order valence-corrected chi connectivity index (χ2v) is 4.21. The molecule has 0 atom stereocenters. The summed E-state index contributed by atoms with van der Waals surface area (Å²) in [6, 6.07) is 3.75. The van der Waals surface area contributed by atoms with E-state index in [1.807, 2.05) is 0 Å². The lowest BCUT2D eigenvalue weighted by atomic mass is 10.1. The van der Waals surface area contributed by atoms with Gasteiger partial charge in [-0.1, -0.05) is 11.6 Å². The number of H-pyrrole nitrogens is 1. The Labute approximate surface area is 123 Å². The summed E-state index contributed by atoms with van der Waals surface area (Å²) in [5.41, 5.74) is -0.539. The average molecular weight is 312 g/mol. The Bertz CT molecular complexity index is 687. The number of rotatable bonds is 5.